The van der Waals surface area contributed by atoms with Crippen LogP contribution in [0.25, 0.3) is 10.9 Å². The Balaban J connectivity index is 1.61. The van der Waals surface area contributed by atoms with E-state index in [0.29, 0.717) is 11.4 Å². The lowest BCUT2D eigenvalue weighted by atomic mass is 9.80. The number of carbonyl (C=O) groups excluding carboxylic acids is 1. The molecule has 1 fully saturated rings. The lowest BCUT2D eigenvalue weighted by molar-refractivity contribution is 0.0946. The molecular formula is C18H18N2O4S. The summed E-state index contributed by atoms with van der Waals surface area (Å²) in [5, 5.41) is 4.45. The van der Waals surface area contributed by atoms with Crippen LogP contribution in [-0.2, 0) is 9.84 Å². The summed E-state index contributed by atoms with van der Waals surface area (Å²) in [6.45, 7) is 0. The molecule has 1 atom stereocenters. The first-order valence-corrected chi connectivity index (χ1v) is 10.0. The second-order valence-electron chi connectivity index (χ2n) is 6.72. The number of nitrogens with one attached hydrogen (secondary N) is 2. The van der Waals surface area contributed by atoms with Crippen molar-refractivity contribution < 1.29 is 13.2 Å². The van der Waals surface area contributed by atoms with Gasteiger partial charge in [-0.2, -0.15) is 0 Å². The lowest BCUT2D eigenvalue weighted by Gasteiger charge is -2.25. The van der Waals surface area contributed by atoms with Gasteiger partial charge >= 0.3 is 0 Å². The van der Waals surface area contributed by atoms with Gasteiger partial charge in [-0.05, 0) is 47.9 Å². The number of pyridine rings is 1. The van der Waals surface area contributed by atoms with Crippen molar-refractivity contribution in [2.75, 3.05) is 5.75 Å². The number of aromatic amines is 1. The van der Waals surface area contributed by atoms with Crippen LogP contribution < -0.4 is 10.9 Å². The molecule has 4 rings (SSSR count). The van der Waals surface area contributed by atoms with E-state index in [1.165, 1.54) is 30.9 Å². The first-order valence-electron chi connectivity index (χ1n) is 8.30. The number of aromatic nitrogens is 1. The van der Waals surface area contributed by atoms with Crippen LogP contribution in [0, 0.1) is 0 Å². The molecule has 1 saturated carbocycles. The zero-order chi connectivity index (χ0) is 17.6. The molecule has 0 bridgehead atoms. The zero-order valence-corrected chi connectivity index (χ0v) is 14.3. The predicted molar refractivity (Wildman–Crippen MR) is 95.3 cm³/mol. The monoisotopic (exact) mass is 358 g/mol. The summed E-state index contributed by atoms with van der Waals surface area (Å²) >= 11 is 0. The van der Waals surface area contributed by atoms with Gasteiger partial charge < -0.3 is 10.3 Å². The SMILES string of the molecule is O=C(NC1C=CS(=O)(=O)C1)c1cc2ccc(C3CCC3)cc2[nH]c1=O. The fraction of sp³-hybridized carbons (Fsp3) is 0.333. The van der Waals surface area contributed by atoms with E-state index in [1.807, 2.05) is 18.2 Å². The number of rotatable bonds is 3. The normalized spacial score (nSPS) is 22.0. The fourth-order valence-electron chi connectivity index (χ4n) is 3.29. The maximum atomic E-state index is 12.3. The molecule has 130 valence electrons. The number of benzene rings is 1. The molecule has 2 N–H and O–H groups in total. The van der Waals surface area contributed by atoms with Crippen LogP contribution in [0.4, 0.5) is 0 Å². The van der Waals surface area contributed by atoms with E-state index in [2.05, 4.69) is 10.3 Å². The van der Waals surface area contributed by atoms with Crippen molar-refractivity contribution in [3.05, 3.63) is 57.2 Å². The third-order valence-corrected chi connectivity index (χ3v) is 6.33. The van der Waals surface area contributed by atoms with Crippen molar-refractivity contribution in [1.82, 2.24) is 10.3 Å². The molecule has 0 spiro atoms. The van der Waals surface area contributed by atoms with Crippen molar-refractivity contribution >= 4 is 26.6 Å². The number of sulfone groups is 1. The Morgan fingerprint density at radius 3 is 2.64 bits per heavy atom. The Hall–Kier alpha value is -2.41. The molecule has 2 aliphatic rings. The third kappa shape index (κ3) is 3.11. The number of hydrogen-bond donors (Lipinski definition) is 2. The highest BCUT2D eigenvalue weighted by atomic mass is 32.2. The van der Waals surface area contributed by atoms with Crippen LogP contribution >= 0.6 is 0 Å². The topological polar surface area (TPSA) is 96.1 Å². The van der Waals surface area contributed by atoms with Crippen molar-refractivity contribution in [2.45, 2.75) is 31.2 Å². The van der Waals surface area contributed by atoms with Crippen LogP contribution in [0.2, 0.25) is 0 Å². The average molecular weight is 358 g/mol. The summed E-state index contributed by atoms with van der Waals surface area (Å²) < 4.78 is 22.8. The second-order valence-corrected chi connectivity index (χ2v) is 8.66. The van der Waals surface area contributed by atoms with Gasteiger partial charge in [-0.3, -0.25) is 9.59 Å². The third-order valence-electron chi connectivity index (χ3n) is 4.94. The number of H-pyrrole nitrogens is 1. The zero-order valence-electron chi connectivity index (χ0n) is 13.5. The highest BCUT2D eigenvalue weighted by Gasteiger charge is 2.25. The van der Waals surface area contributed by atoms with Gasteiger partial charge in [-0.25, -0.2) is 8.42 Å². The first kappa shape index (κ1) is 16.1. The van der Waals surface area contributed by atoms with Crippen molar-refractivity contribution in [3.63, 3.8) is 0 Å². The first-order chi connectivity index (χ1) is 11.9. The van der Waals surface area contributed by atoms with Crippen LogP contribution in [0.5, 0.6) is 0 Å². The van der Waals surface area contributed by atoms with E-state index in [-0.39, 0.29) is 11.3 Å². The molecule has 0 saturated heterocycles. The average Bonchev–Trinajstić information content (AvgIpc) is 2.83. The fourth-order valence-corrected chi connectivity index (χ4v) is 4.53. The predicted octanol–water partition coefficient (Wildman–Crippen LogP) is 1.84. The van der Waals surface area contributed by atoms with Gasteiger partial charge in [0, 0.05) is 10.9 Å². The largest absolute Gasteiger partial charge is 0.345 e. The van der Waals surface area contributed by atoms with Crippen molar-refractivity contribution in [2.24, 2.45) is 0 Å². The van der Waals surface area contributed by atoms with Gasteiger partial charge in [0.2, 0.25) is 0 Å². The second kappa shape index (κ2) is 5.84. The Kier molecular flexibility index (Phi) is 3.76. The molecule has 6 nitrogen and oxygen atoms in total. The summed E-state index contributed by atoms with van der Waals surface area (Å²) in [5.41, 5.74) is 1.45. The minimum absolute atomic E-state index is 0.0124. The highest BCUT2D eigenvalue weighted by Crippen LogP contribution is 2.37. The summed E-state index contributed by atoms with van der Waals surface area (Å²) in [6.07, 6.45) is 5.01. The molecule has 1 amide bonds. The Morgan fingerprint density at radius 1 is 1.20 bits per heavy atom. The van der Waals surface area contributed by atoms with Gasteiger partial charge in [0.05, 0.1) is 11.8 Å². The smallest absolute Gasteiger partial charge is 0.261 e. The molecule has 2 aromatic rings. The van der Waals surface area contributed by atoms with Crippen LogP contribution in [0.3, 0.4) is 0 Å². The molecule has 2 heterocycles. The minimum atomic E-state index is -3.26. The van der Waals surface area contributed by atoms with E-state index in [4.69, 9.17) is 0 Å². The maximum Gasteiger partial charge on any atom is 0.261 e. The maximum absolute atomic E-state index is 12.3. The molecule has 1 unspecified atom stereocenters. The quantitative estimate of drug-likeness (QED) is 0.875. The highest BCUT2D eigenvalue weighted by molar-refractivity contribution is 7.94. The lowest BCUT2D eigenvalue weighted by Crippen LogP contribution is -2.38. The Labute approximate surface area is 144 Å². The molecule has 1 aliphatic carbocycles. The van der Waals surface area contributed by atoms with Crippen LogP contribution in [0.15, 0.2) is 40.5 Å². The summed E-state index contributed by atoms with van der Waals surface area (Å²) in [4.78, 5) is 27.4. The van der Waals surface area contributed by atoms with E-state index in [9.17, 15) is 18.0 Å². The summed E-state index contributed by atoms with van der Waals surface area (Å²) in [6, 6.07) is 6.89. The number of carbonyl (C=O) groups is 1. The van der Waals surface area contributed by atoms with Gasteiger partial charge in [-0.15, -0.1) is 0 Å². The number of hydrogen-bond acceptors (Lipinski definition) is 4. The molecule has 7 heteroatoms. The standard InChI is InChI=1S/C18H18N2O4S/c21-17(19-14-6-7-25(23,24)10-14)15-8-13-5-4-12(11-2-1-3-11)9-16(13)20-18(15)22/h4-9,11,14H,1-3,10H2,(H,19,21)(H,20,22). The van der Waals surface area contributed by atoms with E-state index in [0.717, 1.165) is 10.8 Å². The minimum Gasteiger partial charge on any atom is -0.345 e. The summed E-state index contributed by atoms with van der Waals surface area (Å²) in [7, 11) is -3.26. The molecular weight excluding hydrogens is 340 g/mol. The van der Waals surface area contributed by atoms with Gasteiger partial charge in [0.1, 0.15) is 5.56 Å². The number of fused-ring (bicyclic) bond motifs is 1. The molecule has 1 aromatic heterocycles. The van der Waals surface area contributed by atoms with Crippen LogP contribution in [-0.4, -0.2) is 31.1 Å². The van der Waals surface area contributed by atoms with Crippen molar-refractivity contribution in [3.8, 4) is 0 Å². The van der Waals surface area contributed by atoms with E-state index < -0.39 is 27.3 Å². The molecule has 1 aromatic carbocycles. The molecule has 0 radical (unpaired) electrons. The van der Waals surface area contributed by atoms with Crippen molar-refractivity contribution in [1.29, 1.82) is 0 Å². The Morgan fingerprint density at radius 2 is 2.00 bits per heavy atom. The van der Waals surface area contributed by atoms with Gasteiger partial charge in [0.15, 0.2) is 9.84 Å². The van der Waals surface area contributed by atoms with Gasteiger partial charge in [-0.1, -0.05) is 18.6 Å². The number of amides is 1. The van der Waals surface area contributed by atoms with E-state index in [1.54, 1.807) is 6.07 Å². The molecule has 1 aliphatic heterocycles. The Bertz CT molecular complexity index is 1050. The van der Waals surface area contributed by atoms with Crippen LogP contribution in [0.1, 0.15) is 41.1 Å². The van der Waals surface area contributed by atoms with Gasteiger partial charge in [0.25, 0.3) is 11.5 Å². The van der Waals surface area contributed by atoms with E-state index >= 15 is 0 Å². The molecule has 25 heavy (non-hydrogen) atoms. The summed E-state index contributed by atoms with van der Waals surface area (Å²) in [5.74, 6) is -0.181.